The number of guanidine groups is 1. The minimum absolute atomic E-state index is 0. The van der Waals surface area contributed by atoms with Crippen molar-refractivity contribution in [3.8, 4) is 0 Å². The Morgan fingerprint density at radius 2 is 1.83 bits per heavy atom. The van der Waals surface area contributed by atoms with Crippen LogP contribution in [0.3, 0.4) is 0 Å². The second-order valence-electron chi connectivity index (χ2n) is 5.92. The second-order valence-corrected chi connectivity index (χ2v) is 5.92. The number of ether oxygens (including phenoxy) is 1. The van der Waals surface area contributed by atoms with Crippen molar-refractivity contribution in [2.45, 2.75) is 38.7 Å². The molecular formula is C15H29IN4O3. The highest BCUT2D eigenvalue weighted by Gasteiger charge is 2.34. The third-order valence-electron chi connectivity index (χ3n) is 4.25. The zero-order valence-corrected chi connectivity index (χ0v) is 16.4. The topological polar surface area (TPSA) is 77.4 Å². The highest BCUT2D eigenvalue weighted by atomic mass is 127. The van der Waals surface area contributed by atoms with Crippen molar-refractivity contribution >= 4 is 36.0 Å². The van der Waals surface area contributed by atoms with Crippen LogP contribution in [0, 0.1) is 0 Å². The molecule has 1 aliphatic carbocycles. The predicted molar refractivity (Wildman–Crippen MR) is 100 cm³/mol. The number of rotatable bonds is 4. The van der Waals surface area contributed by atoms with E-state index in [2.05, 4.69) is 15.2 Å². The van der Waals surface area contributed by atoms with Gasteiger partial charge in [0.15, 0.2) is 5.96 Å². The maximum Gasteiger partial charge on any atom is 0.409 e. The number of hydrogen-bond donors (Lipinski definition) is 2. The van der Waals surface area contributed by atoms with Gasteiger partial charge in [-0.25, -0.2) is 4.79 Å². The fraction of sp³-hybridized carbons (Fsp3) is 0.867. The Morgan fingerprint density at radius 3 is 2.30 bits per heavy atom. The Balaban J connectivity index is 0.00000264. The van der Waals surface area contributed by atoms with Gasteiger partial charge in [-0.05, 0) is 33.1 Å². The molecule has 0 atom stereocenters. The van der Waals surface area contributed by atoms with E-state index in [9.17, 15) is 9.90 Å². The summed E-state index contributed by atoms with van der Waals surface area (Å²) in [6.07, 6.45) is 2.52. The fourth-order valence-electron chi connectivity index (χ4n) is 2.71. The molecular weight excluding hydrogens is 411 g/mol. The van der Waals surface area contributed by atoms with Crippen LogP contribution in [0.15, 0.2) is 4.99 Å². The summed E-state index contributed by atoms with van der Waals surface area (Å²) in [5.41, 5.74) is -0.604. The van der Waals surface area contributed by atoms with Crippen LogP contribution in [0.5, 0.6) is 0 Å². The van der Waals surface area contributed by atoms with Crippen LogP contribution in [0.25, 0.3) is 0 Å². The van der Waals surface area contributed by atoms with E-state index in [1.54, 1.807) is 4.90 Å². The number of aliphatic imine (C=N–C) groups is 1. The average molecular weight is 440 g/mol. The Labute approximate surface area is 155 Å². The van der Waals surface area contributed by atoms with E-state index in [1.807, 2.05) is 13.8 Å². The molecule has 2 N–H and O–H groups in total. The van der Waals surface area contributed by atoms with E-state index in [0.29, 0.717) is 26.2 Å². The number of carbonyl (C=O) groups is 1. The predicted octanol–water partition coefficient (Wildman–Crippen LogP) is 1.26. The Morgan fingerprint density at radius 1 is 1.22 bits per heavy atom. The van der Waals surface area contributed by atoms with Crippen molar-refractivity contribution in [2.75, 3.05) is 45.9 Å². The minimum atomic E-state index is -0.604. The summed E-state index contributed by atoms with van der Waals surface area (Å²) in [5.74, 6) is 0.825. The maximum atomic E-state index is 11.7. The number of piperazine rings is 1. The molecule has 0 aromatic rings. The number of carbonyl (C=O) groups excluding carboxylic acids is 1. The lowest BCUT2D eigenvalue weighted by Crippen LogP contribution is -2.54. The molecule has 0 bridgehead atoms. The van der Waals surface area contributed by atoms with E-state index in [1.165, 1.54) is 0 Å². The van der Waals surface area contributed by atoms with E-state index in [-0.39, 0.29) is 30.1 Å². The second kappa shape index (κ2) is 9.51. The summed E-state index contributed by atoms with van der Waals surface area (Å²) in [5, 5.41) is 13.4. The molecule has 23 heavy (non-hydrogen) atoms. The number of nitrogens with one attached hydrogen (secondary N) is 1. The lowest BCUT2D eigenvalue weighted by Gasteiger charge is -2.38. The lowest BCUT2D eigenvalue weighted by atomic mass is 9.80. The highest BCUT2D eigenvalue weighted by Crippen LogP contribution is 2.31. The van der Waals surface area contributed by atoms with E-state index < -0.39 is 5.60 Å². The van der Waals surface area contributed by atoms with E-state index in [0.717, 1.165) is 44.9 Å². The molecule has 0 aromatic heterocycles. The average Bonchev–Trinajstić information content (AvgIpc) is 2.50. The van der Waals surface area contributed by atoms with Crippen LogP contribution in [0.4, 0.5) is 4.79 Å². The van der Waals surface area contributed by atoms with Gasteiger partial charge in [0.1, 0.15) is 0 Å². The van der Waals surface area contributed by atoms with Crippen molar-refractivity contribution in [3.05, 3.63) is 0 Å². The molecule has 1 saturated carbocycles. The number of halogens is 1. The van der Waals surface area contributed by atoms with Crippen LogP contribution < -0.4 is 5.32 Å². The van der Waals surface area contributed by atoms with Crippen LogP contribution in [-0.2, 0) is 4.74 Å². The molecule has 1 amide bonds. The Kier molecular flexibility index (Phi) is 8.38. The first-order valence-electron chi connectivity index (χ1n) is 8.25. The Bertz CT molecular complexity index is 408. The van der Waals surface area contributed by atoms with Crippen LogP contribution in [-0.4, -0.2) is 78.4 Å². The molecule has 1 heterocycles. The molecule has 0 spiro atoms. The van der Waals surface area contributed by atoms with Crippen LogP contribution in [0.2, 0.25) is 0 Å². The molecule has 7 nitrogen and oxygen atoms in total. The van der Waals surface area contributed by atoms with Gasteiger partial charge in [0.2, 0.25) is 0 Å². The quantitative estimate of drug-likeness (QED) is 0.391. The standard InChI is InChI=1S/C15H28N4O3.HI/c1-3-16-13(17-12-15(21)6-5-7-15)18-8-10-19(11-9-18)14(20)22-4-2;/h21H,3-12H2,1-2H3,(H,16,17);1H. The van der Waals surface area contributed by atoms with Gasteiger partial charge < -0.3 is 25.0 Å². The summed E-state index contributed by atoms with van der Waals surface area (Å²) < 4.78 is 5.03. The fourth-order valence-corrected chi connectivity index (χ4v) is 2.71. The molecule has 2 aliphatic rings. The first-order chi connectivity index (χ1) is 10.6. The van der Waals surface area contributed by atoms with Crippen molar-refractivity contribution in [2.24, 2.45) is 4.99 Å². The third-order valence-corrected chi connectivity index (χ3v) is 4.25. The summed E-state index contributed by atoms with van der Waals surface area (Å²) >= 11 is 0. The molecule has 134 valence electrons. The molecule has 2 rings (SSSR count). The van der Waals surface area contributed by atoms with Gasteiger partial charge in [0, 0.05) is 32.7 Å². The maximum absolute atomic E-state index is 11.7. The number of amides is 1. The normalized spacial score (nSPS) is 20.4. The van der Waals surface area contributed by atoms with Gasteiger partial charge in [-0.3, -0.25) is 4.99 Å². The SMILES string of the molecule is CCNC(=NCC1(O)CCC1)N1CCN(C(=O)OCC)CC1.I. The van der Waals surface area contributed by atoms with Gasteiger partial charge >= 0.3 is 6.09 Å². The first kappa shape index (κ1) is 20.3. The largest absolute Gasteiger partial charge is 0.450 e. The van der Waals surface area contributed by atoms with Crippen LogP contribution >= 0.6 is 24.0 Å². The minimum Gasteiger partial charge on any atom is -0.450 e. The molecule has 1 saturated heterocycles. The van der Waals surface area contributed by atoms with Gasteiger partial charge in [-0.15, -0.1) is 24.0 Å². The Hall–Kier alpha value is -0.770. The number of hydrogen-bond acceptors (Lipinski definition) is 4. The third kappa shape index (κ3) is 5.66. The van der Waals surface area contributed by atoms with E-state index in [4.69, 9.17) is 4.74 Å². The summed E-state index contributed by atoms with van der Waals surface area (Å²) in [6.45, 7) is 8.20. The molecule has 8 heteroatoms. The number of aliphatic hydroxyl groups is 1. The molecule has 0 unspecified atom stereocenters. The zero-order valence-electron chi connectivity index (χ0n) is 14.1. The lowest BCUT2D eigenvalue weighted by molar-refractivity contribution is -0.0238. The molecule has 2 fully saturated rings. The highest BCUT2D eigenvalue weighted by molar-refractivity contribution is 14.0. The van der Waals surface area contributed by atoms with Crippen LogP contribution in [0.1, 0.15) is 33.1 Å². The molecule has 1 aliphatic heterocycles. The van der Waals surface area contributed by atoms with Gasteiger partial charge in [-0.1, -0.05) is 0 Å². The van der Waals surface area contributed by atoms with E-state index >= 15 is 0 Å². The van der Waals surface area contributed by atoms with Crippen molar-refractivity contribution in [3.63, 3.8) is 0 Å². The smallest absolute Gasteiger partial charge is 0.409 e. The summed E-state index contributed by atoms with van der Waals surface area (Å²) in [4.78, 5) is 20.2. The van der Waals surface area contributed by atoms with Gasteiger partial charge in [-0.2, -0.15) is 0 Å². The van der Waals surface area contributed by atoms with Gasteiger partial charge in [0.05, 0.1) is 18.8 Å². The monoisotopic (exact) mass is 440 g/mol. The summed E-state index contributed by atoms with van der Waals surface area (Å²) in [7, 11) is 0. The van der Waals surface area contributed by atoms with Crippen molar-refractivity contribution < 1.29 is 14.6 Å². The number of nitrogens with zero attached hydrogens (tertiary/aromatic N) is 3. The van der Waals surface area contributed by atoms with Crippen molar-refractivity contribution in [1.82, 2.24) is 15.1 Å². The van der Waals surface area contributed by atoms with Crippen molar-refractivity contribution in [1.29, 1.82) is 0 Å². The summed E-state index contributed by atoms with van der Waals surface area (Å²) in [6, 6.07) is 0. The first-order valence-corrected chi connectivity index (χ1v) is 8.25. The van der Waals surface area contributed by atoms with Gasteiger partial charge in [0.25, 0.3) is 0 Å². The molecule has 0 aromatic carbocycles. The zero-order chi connectivity index (χ0) is 16.0. The molecule has 0 radical (unpaired) electrons.